The molecule has 0 unspecified atom stereocenters. The van der Waals surface area contributed by atoms with Crippen molar-refractivity contribution < 1.29 is 53.7 Å². The van der Waals surface area contributed by atoms with E-state index in [1.165, 1.54) is 27.7 Å². The predicted molar refractivity (Wildman–Crippen MR) is 164 cm³/mol. The Kier molecular flexibility index (Phi) is 18.7. The second kappa shape index (κ2) is 20.4. The highest BCUT2D eigenvalue weighted by molar-refractivity contribution is 7.80. The van der Waals surface area contributed by atoms with Gasteiger partial charge in [-0.2, -0.15) is 25.3 Å². The summed E-state index contributed by atoms with van der Waals surface area (Å²) < 4.78 is 0. The number of carboxylic acids is 1. The predicted octanol–water partition coefficient (Wildman–Crippen LogP) is -6.28. The van der Waals surface area contributed by atoms with Crippen molar-refractivity contribution in [3.05, 3.63) is 0 Å². The first kappa shape index (κ1) is 41.3. The largest absolute Gasteiger partial charge is 0.480 e. The molecule has 7 amide bonds. The van der Waals surface area contributed by atoms with Gasteiger partial charge in [0.05, 0.1) is 31.3 Å². The van der Waals surface area contributed by atoms with Gasteiger partial charge >= 0.3 is 5.97 Å². The van der Waals surface area contributed by atoms with Crippen molar-refractivity contribution in [3.8, 4) is 0 Å². The lowest BCUT2D eigenvalue weighted by atomic mass is 10.1. The van der Waals surface area contributed by atoms with Crippen LogP contribution in [0.15, 0.2) is 0 Å². The fraction of sp³-hybridized carbons (Fsp3) is 0.667. The Balaban J connectivity index is 5.08. The fourth-order valence-corrected chi connectivity index (χ4v) is 3.69. The van der Waals surface area contributed by atoms with Gasteiger partial charge in [-0.1, -0.05) is 0 Å². The highest BCUT2D eigenvalue weighted by atomic mass is 32.1. The first-order valence-corrected chi connectivity index (χ1v) is 14.7. The molecule has 0 saturated carbocycles. The molecule has 0 aliphatic rings. The number of nitrogens with one attached hydrogen (secondary N) is 7. The van der Waals surface area contributed by atoms with E-state index in [-0.39, 0.29) is 11.5 Å². The zero-order valence-corrected chi connectivity index (χ0v) is 26.8. The third-order valence-corrected chi connectivity index (χ3v) is 6.52. The summed E-state index contributed by atoms with van der Waals surface area (Å²) in [6.07, 6.45) is -2.85. The van der Waals surface area contributed by atoms with Crippen LogP contribution in [0.5, 0.6) is 0 Å². The second-order valence-corrected chi connectivity index (χ2v) is 10.6. The first-order valence-electron chi connectivity index (χ1n) is 13.5. The zero-order valence-electron chi connectivity index (χ0n) is 25.0. The van der Waals surface area contributed by atoms with Crippen molar-refractivity contribution in [1.29, 1.82) is 0 Å². The Morgan fingerprint density at radius 2 is 1.00 bits per heavy atom. The third-order valence-electron chi connectivity index (χ3n) is 5.79. The lowest BCUT2D eigenvalue weighted by Crippen LogP contribution is -2.60. The molecule has 0 aliphatic carbocycles. The van der Waals surface area contributed by atoms with Crippen molar-refractivity contribution in [2.24, 2.45) is 5.73 Å². The van der Waals surface area contributed by atoms with Gasteiger partial charge < -0.3 is 58.3 Å². The lowest BCUT2D eigenvalue weighted by Gasteiger charge is -2.25. The molecule has 21 heteroatoms. The number of aliphatic hydroxyl groups excluding tert-OH is 2. The van der Waals surface area contributed by atoms with Crippen LogP contribution < -0.4 is 43.0 Å². The Labute approximate surface area is 269 Å². The monoisotopic (exact) mass is 682 g/mol. The molecule has 0 aromatic rings. The van der Waals surface area contributed by atoms with Crippen molar-refractivity contribution >= 4 is 72.6 Å². The number of carbonyl (C=O) groups excluding carboxylic acids is 7. The third kappa shape index (κ3) is 15.3. The van der Waals surface area contributed by atoms with Gasteiger partial charge in [0.1, 0.15) is 30.2 Å². The molecular formula is C24H42N8O11S2. The summed E-state index contributed by atoms with van der Waals surface area (Å²) in [5.41, 5.74) is 5.39. The summed E-state index contributed by atoms with van der Waals surface area (Å²) in [6, 6.07) is -7.95. The smallest absolute Gasteiger partial charge is 0.327 e. The molecule has 45 heavy (non-hydrogen) atoms. The van der Waals surface area contributed by atoms with Crippen molar-refractivity contribution in [2.75, 3.05) is 24.6 Å². The van der Waals surface area contributed by atoms with E-state index < -0.39 is 109 Å². The van der Waals surface area contributed by atoms with Gasteiger partial charge in [0.15, 0.2) is 0 Å². The Morgan fingerprint density at radius 3 is 1.36 bits per heavy atom. The molecule has 0 aromatic carbocycles. The summed E-state index contributed by atoms with van der Waals surface area (Å²) in [4.78, 5) is 97.3. The fourth-order valence-electron chi connectivity index (χ4n) is 3.19. The Bertz CT molecular complexity index is 1090. The number of aliphatic carboxylic acids is 1. The highest BCUT2D eigenvalue weighted by Gasteiger charge is 2.31. The summed E-state index contributed by atoms with van der Waals surface area (Å²) in [6.45, 7) is 3.80. The van der Waals surface area contributed by atoms with Gasteiger partial charge in [-0.25, -0.2) is 4.79 Å². The van der Waals surface area contributed by atoms with E-state index >= 15 is 0 Å². The number of nitrogens with two attached hydrogens (primary N) is 1. The normalized spacial score (nSPS) is 16.1. The SMILES string of the molecule is C[C@H](N)C(=O)NCC(=O)N[C@H](C(=O)N[C@@H](CS)C(=O)N[C@@H](C)C(=O)NCC(=O)N[C@H](C(=O)N[C@@H](CS)C(=O)O)[C@@H](C)O)[C@@H](C)O. The van der Waals surface area contributed by atoms with Crippen LogP contribution >= 0.6 is 25.3 Å². The molecule has 8 atom stereocenters. The number of carbonyl (C=O) groups is 8. The lowest BCUT2D eigenvalue weighted by molar-refractivity contribution is -0.142. The number of hydrogen-bond acceptors (Lipinski definition) is 13. The van der Waals surface area contributed by atoms with E-state index in [0.717, 1.165) is 0 Å². The van der Waals surface area contributed by atoms with E-state index in [2.05, 4.69) is 62.5 Å². The summed E-state index contributed by atoms with van der Waals surface area (Å²) >= 11 is 7.82. The number of thiol groups is 2. The van der Waals surface area contributed by atoms with Crippen molar-refractivity contribution in [3.63, 3.8) is 0 Å². The molecule has 0 heterocycles. The summed E-state index contributed by atoms with van der Waals surface area (Å²) in [5, 5.41) is 44.4. The molecule has 0 aromatic heterocycles. The zero-order chi connectivity index (χ0) is 35.0. The molecule has 19 nitrogen and oxygen atoms in total. The Hall–Kier alpha value is -3.66. The minimum absolute atomic E-state index is 0.257. The van der Waals surface area contributed by atoms with Crippen LogP contribution in [0, 0.1) is 0 Å². The molecule has 0 fully saturated rings. The minimum atomic E-state index is -1.56. The second-order valence-electron chi connectivity index (χ2n) is 9.85. The van der Waals surface area contributed by atoms with Crippen LogP contribution in [0.3, 0.4) is 0 Å². The van der Waals surface area contributed by atoms with Gasteiger partial charge in [0, 0.05) is 11.5 Å². The number of aliphatic hydroxyl groups is 2. The van der Waals surface area contributed by atoms with Crippen LogP contribution in [0.2, 0.25) is 0 Å². The minimum Gasteiger partial charge on any atom is -0.480 e. The molecule has 0 spiro atoms. The van der Waals surface area contributed by atoms with E-state index in [4.69, 9.17) is 10.8 Å². The maximum absolute atomic E-state index is 12.7. The van der Waals surface area contributed by atoms with Gasteiger partial charge in [0.2, 0.25) is 41.4 Å². The number of hydrogen-bond donors (Lipinski definition) is 13. The molecule has 0 bridgehead atoms. The molecule has 256 valence electrons. The average molecular weight is 683 g/mol. The maximum Gasteiger partial charge on any atom is 0.327 e. The molecule has 0 rings (SSSR count). The topological polar surface area (TPSA) is 307 Å². The highest BCUT2D eigenvalue weighted by Crippen LogP contribution is 1.99. The van der Waals surface area contributed by atoms with E-state index in [1.54, 1.807) is 0 Å². The van der Waals surface area contributed by atoms with Gasteiger partial charge in [-0.3, -0.25) is 33.6 Å². The Morgan fingerprint density at radius 1 is 0.600 bits per heavy atom. The van der Waals surface area contributed by atoms with Crippen LogP contribution in [0.1, 0.15) is 27.7 Å². The molecule has 12 N–H and O–H groups in total. The molecule has 0 radical (unpaired) electrons. The maximum atomic E-state index is 12.7. The number of amides is 7. The summed E-state index contributed by atoms with van der Waals surface area (Å²) in [5.74, 6) is -7.99. The van der Waals surface area contributed by atoms with Crippen molar-refractivity contribution in [2.45, 2.75) is 76.2 Å². The molecular weight excluding hydrogens is 640 g/mol. The van der Waals surface area contributed by atoms with E-state index in [1.807, 2.05) is 0 Å². The van der Waals surface area contributed by atoms with E-state index in [9.17, 15) is 48.6 Å². The van der Waals surface area contributed by atoms with Crippen LogP contribution in [0.25, 0.3) is 0 Å². The number of carboxylic acid groups (broad SMARTS) is 1. The molecule has 0 saturated heterocycles. The van der Waals surface area contributed by atoms with Crippen LogP contribution in [-0.2, 0) is 38.4 Å². The van der Waals surface area contributed by atoms with E-state index in [0.29, 0.717) is 0 Å². The standard InChI is InChI=1S/C24H42N8O11S2/c1-9(25)19(37)26-5-15(35)31-17(11(3)33)22(40)29-13(7-44)21(39)28-10(2)20(38)27-6-16(36)32-18(12(4)34)23(41)30-14(8-45)24(42)43/h9-14,17-18,33-34,44-45H,5-8,25H2,1-4H3,(H,26,37)(H,27,38)(H,28,39)(H,29,40)(H,30,41)(H,31,35)(H,32,36)(H,42,43)/t9-,10-,11+,12+,13-,14-,17-,18-/m0/s1. The van der Waals surface area contributed by atoms with Gasteiger partial charge in [-0.15, -0.1) is 0 Å². The quantitative estimate of drug-likeness (QED) is 0.0566. The number of rotatable bonds is 19. The van der Waals surface area contributed by atoms with Crippen molar-refractivity contribution in [1.82, 2.24) is 37.2 Å². The average Bonchev–Trinajstić information content (AvgIpc) is 2.96. The first-order chi connectivity index (χ1) is 20.9. The van der Waals surface area contributed by atoms with Crippen LogP contribution in [0.4, 0.5) is 0 Å². The molecule has 0 aliphatic heterocycles. The van der Waals surface area contributed by atoms with Crippen LogP contribution in [-0.4, -0.2) is 136 Å². The van der Waals surface area contributed by atoms with Gasteiger partial charge in [-0.05, 0) is 27.7 Å². The van der Waals surface area contributed by atoms with Gasteiger partial charge in [0.25, 0.3) is 0 Å². The summed E-state index contributed by atoms with van der Waals surface area (Å²) in [7, 11) is 0.